The first kappa shape index (κ1) is 17.4. The lowest BCUT2D eigenvalue weighted by Gasteiger charge is -2.38. The van der Waals surface area contributed by atoms with Crippen LogP contribution in [0, 0.1) is 0 Å². The fourth-order valence-corrected chi connectivity index (χ4v) is 2.29. The first-order chi connectivity index (χ1) is 9.31. The van der Waals surface area contributed by atoms with E-state index >= 15 is 0 Å². The molecule has 0 radical (unpaired) electrons. The number of carbonyl (C=O) groups is 1. The van der Waals surface area contributed by atoms with Gasteiger partial charge in [-0.05, 0) is 34.6 Å². The van der Waals surface area contributed by atoms with E-state index in [2.05, 4.69) is 42.8 Å². The van der Waals surface area contributed by atoms with Crippen LogP contribution < -0.4 is 5.32 Å². The van der Waals surface area contributed by atoms with Crippen molar-refractivity contribution >= 4 is 5.91 Å². The second-order valence-corrected chi connectivity index (χ2v) is 6.54. The molecule has 118 valence electrons. The fraction of sp³-hybridized carbons (Fsp3) is 0.933. The SMILES string of the molecule is CCNC(=O)CN1CCN(C(C)COC(C)(C)C)CC1. The van der Waals surface area contributed by atoms with Crippen LogP contribution in [-0.2, 0) is 9.53 Å². The Morgan fingerprint density at radius 3 is 2.35 bits per heavy atom. The van der Waals surface area contributed by atoms with E-state index in [4.69, 9.17) is 4.74 Å². The number of hydrogen-bond donors (Lipinski definition) is 1. The summed E-state index contributed by atoms with van der Waals surface area (Å²) in [7, 11) is 0. The lowest BCUT2D eigenvalue weighted by atomic mass is 10.2. The summed E-state index contributed by atoms with van der Waals surface area (Å²) < 4.78 is 5.85. The molecule has 5 heteroatoms. The van der Waals surface area contributed by atoms with E-state index in [0.717, 1.165) is 32.8 Å². The lowest BCUT2D eigenvalue weighted by Crippen LogP contribution is -2.52. The van der Waals surface area contributed by atoms with E-state index in [-0.39, 0.29) is 11.5 Å². The van der Waals surface area contributed by atoms with Gasteiger partial charge in [0.25, 0.3) is 0 Å². The molecule has 0 aromatic heterocycles. The third-order valence-corrected chi connectivity index (χ3v) is 3.53. The maximum Gasteiger partial charge on any atom is 0.234 e. The number of piperazine rings is 1. The normalized spacial score (nSPS) is 19.9. The Hall–Kier alpha value is -0.650. The van der Waals surface area contributed by atoms with Crippen LogP contribution in [0.4, 0.5) is 0 Å². The number of nitrogens with one attached hydrogen (secondary N) is 1. The van der Waals surface area contributed by atoms with E-state index < -0.39 is 0 Å². The van der Waals surface area contributed by atoms with Gasteiger partial charge in [0.1, 0.15) is 0 Å². The Balaban J connectivity index is 2.25. The molecule has 0 spiro atoms. The Morgan fingerprint density at radius 2 is 1.85 bits per heavy atom. The molecule has 1 saturated heterocycles. The summed E-state index contributed by atoms with van der Waals surface area (Å²) in [4.78, 5) is 16.2. The van der Waals surface area contributed by atoms with Gasteiger partial charge in [0.2, 0.25) is 5.91 Å². The third kappa shape index (κ3) is 6.68. The molecule has 1 aliphatic heterocycles. The molecule has 1 rings (SSSR count). The average molecular weight is 285 g/mol. The molecular weight excluding hydrogens is 254 g/mol. The maximum absolute atomic E-state index is 11.6. The Labute approximate surface area is 123 Å². The Bertz CT molecular complexity index is 294. The van der Waals surface area contributed by atoms with Crippen LogP contribution in [0.3, 0.4) is 0 Å². The topological polar surface area (TPSA) is 44.8 Å². The molecule has 0 bridgehead atoms. The van der Waals surface area contributed by atoms with Crippen molar-refractivity contribution < 1.29 is 9.53 Å². The van der Waals surface area contributed by atoms with E-state index in [1.54, 1.807) is 0 Å². The zero-order valence-corrected chi connectivity index (χ0v) is 13.7. The van der Waals surface area contributed by atoms with Crippen molar-refractivity contribution in [1.82, 2.24) is 15.1 Å². The number of rotatable bonds is 6. The monoisotopic (exact) mass is 285 g/mol. The van der Waals surface area contributed by atoms with Gasteiger partial charge in [0.15, 0.2) is 0 Å². The molecule has 0 saturated carbocycles. The lowest BCUT2D eigenvalue weighted by molar-refractivity contribution is -0.122. The van der Waals surface area contributed by atoms with Gasteiger partial charge in [0, 0.05) is 38.8 Å². The van der Waals surface area contributed by atoms with Gasteiger partial charge in [-0.15, -0.1) is 0 Å². The summed E-state index contributed by atoms with van der Waals surface area (Å²) in [5.41, 5.74) is -0.0751. The van der Waals surface area contributed by atoms with Gasteiger partial charge < -0.3 is 10.1 Å². The molecule has 0 aliphatic carbocycles. The summed E-state index contributed by atoms with van der Waals surface area (Å²) >= 11 is 0. The van der Waals surface area contributed by atoms with E-state index in [0.29, 0.717) is 19.1 Å². The van der Waals surface area contributed by atoms with Gasteiger partial charge in [-0.3, -0.25) is 14.6 Å². The number of ether oxygens (including phenoxy) is 1. The Morgan fingerprint density at radius 1 is 1.25 bits per heavy atom. The largest absolute Gasteiger partial charge is 0.374 e. The van der Waals surface area contributed by atoms with Crippen LogP contribution in [0.15, 0.2) is 0 Å². The molecule has 1 amide bonds. The standard InChI is InChI=1S/C15H31N3O2/c1-6-16-14(19)11-17-7-9-18(10-8-17)13(2)12-20-15(3,4)5/h13H,6-12H2,1-5H3,(H,16,19). The van der Waals surface area contributed by atoms with Crippen molar-refractivity contribution in [1.29, 1.82) is 0 Å². The minimum absolute atomic E-state index is 0.0751. The number of amides is 1. The first-order valence-electron chi connectivity index (χ1n) is 7.69. The number of nitrogens with zero attached hydrogens (tertiary/aromatic N) is 2. The second-order valence-electron chi connectivity index (χ2n) is 6.54. The quantitative estimate of drug-likeness (QED) is 0.789. The molecule has 0 aromatic carbocycles. The van der Waals surface area contributed by atoms with Crippen LogP contribution in [-0.4, -0.2) is 73.2 Å². The first-order valence-corrected chi connectivity index (χ1v) is 7.69. The van der Waals surface area contributed by atoms with E-state index in [9.17, 15) is 4.79 Å². The minimum Gasteiger partial charge on any atom is -0.374 e. The van der Waals surface area contributed by atoms with Crippen molar-refractivity contribution in [2.45, 2.75) is 46.3 Å². The molecule has 1 aliphatic rings. The third-order valence-electron chi connectivity index (χ3n) is 3.53. The van der Waals surface area contributed by atoms with Crippen LogP contribution in [0.5, 0.6) is 0 Å². The minimum atomic E-state index is -0.0751. The highest BCUT2D eigenvalue weighted by Crippen LogP contribution is 2.11. The van der Waals surface area contributed by atoms with Crippen molar-refractivity contribution in [3.05, 3.63) is 0 Å². The molecule has 5 nitrogen and oxygen atoms in total. The van der Waals surface area contributed by atoms with Crippen LogP contribution in [0.25, 0.3) is 0 Å². The fourth-order valence-electron chi connectivity index (χ4n) is 2.29. The van der Waals surface area contributed by atoms with E-state index in [1.807, 2.05) is 6.92 Å². The summed E-state index contributed by atoms with van der Waals surface area (Å²) in [6, 6.07) is 0.431. The molecule has 1 atom stereocenters. The van der Waals surface area contributed by atoms with Gasteiger partial charge in [-0.25, -0.2) is 0 Å². The van der Waals surface area contributed by atoms with Crippen molar-refractivity contribution in [2.75, 3.05) is 45.9 Å². The predicted molar refractivity (Wildman–Crippen MR) is 81.9 cm³/mol. The van der Waals surface area contributed by atoms with Gasteiger partial charge in [0.05, 0.1) is 18.8 Å². The number of hydrogen-bond acceptors (Lipinski definition) is 4. The smallest absolute Gasteiger partial charge is 0.234 e. The number of likely N-dealkylation sites (N-methyl/N-ethyl adjacent to an activating group) is 1. The maximum atomic E-state index is 11.6. The summed E-state index contributed by atoms with van der Waals surface area (Å²) in [6.07, 6.45) is 0. The zero-order chi connectivity index (χ0) is 15.2. The van der Waals surface area contributed by atoms with Gasteiger partial charge >= 0.3 is 0 Å². The van der Waals surface area contributed by atoms with Crippen LogP contribution in [0.1, 0.15) is 34.6 Å². The molecule has 1 heterocycles. The highest BCUT2D eigenvalue weighted by Gasteiger charge is 2.23. The molecule has 1 fully saturated rings. The van der Waals surface area contributed by atoms with Gasteiger partial charge in [-0.1, -0.05) is 0 Å². The molecule has 0 aromatic rings. The van der Waals surface area contributed by atoms with Gasteiger partial charge in [-0.2, -0.15) is 0 Å². The average Bonchev–Trinajstić information content (AvgIpc) is 2.36. The Kier molecular flexibility index (Phi) is 6.92. The highest BCUT2D eigenvalue weighted by atomic mass is 16.5. The molecular formula is C15H31N3O2. The van der Waals surface area contributed by atoms with E-state index in [1.165, 1.54) is 0 Å². The van der Waals surface area contributed by atoms with Crippen molar-refractivity contribution in [3.63, 3.8) is 0 Å². The highest BCUT2D eigenvalue weighted by molar-refractivity contribution is 5.77. The molecule has 20 heavy (non-hydrogen) atoms. The number of carbonyl (C=O) groups excluding carboxylic acids is 1. The molecule has 1 unspecified atom stereocenters. The van der Waals surface area contributed by atoms with Crippen LogP contribution in [0.2, 0.25) is 0 Å². The second kappa shape index (κ2) is 7.96. The van der Waals surface area contributed by atoms with Crippen molar-refractivity contribution in [2.24, 2.45) is 0 Å². The molecule has 1 N–H and O–H groups in total. The van der Waals surface area contributed by atoms with Crippen LogP contribution >= 0.6 is 0 Å². The van der Waals surface area contributed by atoms with Crippen molar-refractivity contribution in [3.8, 4) is 0 Å². The summed E-state index contributed by atoms with van der Waals surface area (Å²) in [5.74, 6) is 0.130. The zero-order valence-electron chi connectivity index (χ0n) is 13.7. The summed E-state index contributed by atoms with van der Waals surface area (Å²) in [5, 5.41) is 2.85. The summed E-state index contributed by atoms with van der Waals surface area (Å²) in [6.45, 7) is 16.3. The predicted octanol–water partition coefficient (Wildman–Crippen LogP) is 0.944.